The molecule has 1 nitrogen and oxygen atoms in total. The lowest BCUT2D eigenvalue weighted by atomic mass is 9.89. The van der Waals surface area contributed by atoms with Crippen molar-refractivity contribution < 1.29 is 13.2 Å². The third kappa shape index (κ3) is 3.05. The van der Waals surface area contributed by atoms with Crippen LogP contribution in [0.3, 0.4) is 0 Å². The summed E-state index contributed by atoms with van der Waals surface area (Å²) in [6, 6.07) is 0. The first-order valence-corrected chi connectivity index (χ1v) is 8.23. The van der Waals surface area contributed by atoms with Gasteiger partial charge in [0.15, 0.2) is 0 Å². The maximum atomic E-state index is 13.6. The zero-order valence-electron chi connectivity index (χ0n) is 12.6. The summed E-state index contributed by atoms with van der Waals surface area (Å²) >= 11 is -3.06. The average molecular weight is 279 g/mol. The summed E-state index contributed by atoms with van der Waals surface area (Å²) in [5.74, 6) is 0. The van der Waals surface area contributed by atoms with Crippen LogP contribution in [0, 0.1) is 0 Å². The molecule has 0 spiro atoms. The van der Waals surface area contributed by atoms with Gasteiger partial charge in [-0.3, -0.25) is 0 Å². The molecule has 106 valence electrons. The molecule has 0 aromatic heterocycles. The SMILES string of the molecule is CC(C)(C)[N]1[Al]([C](F)(F)F)[C](C)(C)CCC1(C)C. The van der Waals surface area contributed by atoms with Crippen molar-refractivity contribution in [2.75, 3.05) is 0 Å². The highest BCUT2D eigenvalue weighted by molar-refractivity contribution is 6.62. The molecular weight excluding hydrogens is 254 g/mol. The quantitative estimate of drug-likeness (QED) is 0.589. The van der Waals surface area contributed by atoms with Crippen LogP contribution in [0.5, 0.6) is 0 Å². The van der Waals surface area contributed by atoms with E-state index < -0.39 is 29.2 Å². The van der Waals surface area contributed by atoms with Gasteiger partial charge in [0.1, 0.15) is 0 Å². The lowest BCUT2D eigenvalue weighted by molar-refractivity contribution is -0.0794. The van der Waals surface area contributed by atoms with E-state index in [0.717, 1.165) is 6.42 Å². The average Bonchev–Trinajstić information content (AvgIpc) is 2.05. The maximum absolute atomic E-state index is 13.6. The normalized spacial score (nSPS) is 25.3. The molecular formula is C13H25AlF3N. The van der Waals surface area contributed by atoms with Crippen LogP contribution in [0.25, 0.3) is 0 Å². The van der Waals surface area contributed by atoms with Gasteiger partial charge in [-0.2, -0.15) is 13.2 Å². The number of halogens is 3. The summed E-state index contributed by atoms with van der Waals surface area (Å²) in [6.07, 6.45) is 1.50. The fraction of sp³-hybridized carbons (Fsp3) is 1.00. The molecule has 5 heteroatoms. The molecule has 1 saturated heterocycles. The number of nitrogens with zero attached hydrogens (tertiary/aromatic N) is 1. The summed E-state index contributed by atoms with van der Waals surface area (Å²) in [7, 11) is 0. The third-order valence-electron chi connectivity index (χ3n) is 4.06. The molecule has 1 fully saturated rings. The van der Waals surface area contributed by atoms with E-state index >= 15 is 0 Å². The van der Waals surface area contributed by atoms with Crippen LogP contribution in [0.4, 0.5) is 13.2 Å². The van der Waals surface area contributed by atoms with E-state index in [4.69, 9.17) is 0 Å². The Bertz CT molecular complexity index is 283. The van der Waals surface area contributed by atoms with E-state index in [9.17, 15) is 13.2 Å². The van der Waals surface area contributed by atoms with Crippen molar-refractivity contribution in [1.29, 1.82) is 0 Å². The lowest BCUT2D eigenvalue weighted by Gasteiger charge is -2.58. The van der Waals surface area contributed by atoms with Gasteiger partial charge in [-0.25, -0.2) is 0 Å². The second kappa shape index (κ2) is 4.40. The summed E-state index contributed by atoms with van der Waals surface area (Å²) in [6.45, 7) is 13.2. The van der Waals surface area contributed by atoms with Gasteiger partial charge < -0.3 is 3.88 Å². The Morgan fingerprint density at radius 3 is 1.67 bits per heavy atom. The van der Waals surface area contributed by atoms with Crippen LogP contribution in [0.1, 0.15) is 61.3 Å². The van der Waals surface area contributed by atoms with Crippen molar-refractivity contribution in [3.8, 4) is 0 Å². The van der Waals surface area contributed by atoms with E-state index in [1.807, 2.05) is 38.5 Å². The summed E-state index contributed by atoms with van der Waals surface area (Å²) in [5.41, 5.74) is -0.798. The van der Waals surface area contributed by atoms with E-state index in [2.05, 4.69) is 0 Å². The Balaban J connectivity index is 3.33. The summed E-state index contributed by atoms with van der Waals surface area (Å²) in [5, 5.41) is -4.05. The van der Waals surface area contributed by atoms with Gasteiger partial charge in [0, 0.05) is 0 Å². The molecule has 0 atom stereocenters. The Kier molecular flexibility index (Phi) is 3.99. The zero-order chi connectivity index (χ0) is 14.6. The number of alkyl halides is 3. The first-order chi connectivity index (χ1) is 7.70. The van der Waals surface area contributed by atoms with Gasteiger partial charge in [0.2, 0.25) is 0 Å². The summed E-state index contributed by atoms with van der Waals surface area (Å²) < 4.78 is 42.0. The largest absolute Gasteiger partial charge is 0.538 e. The van der Waals surface area contributed by atoms with E-state index in [0.29, 0.717) is 6.42 Å². The van der Waals surface area contributed by atoms with Gasteiger partial charge in [0.25, 0.3) is 0 Å². The predicted molar refractivity (Wildman–Crippen MR) is 70.8 cm³/mol. The first kappa shape index (κ1) is 16.3. The van der Waals surface area contributed by atoms with Gasteiger partial charge in [-0.1, -0.05) is 24.5 Å². The van der Waals surface area contributed by atoms with Crippen LogP contribution in [0.15, 0.2) is 0 Å². The molecule has 0 N–H and O–H groups in total. The fourth-order valence-electron chi connectivity index (χ4n) is 3.47. The van der Waals surface area contributed by atoms with Crippen LogP contribution in [-0.4, -0.2) is 34.4 Å². The summed E-state index contributed by atoms with van der Waals surface area (Å²) in [4.78, 5) is 0. The predicted octanol–water partition coefficient (Wildman–Crippen LogP) is 4.53. The van der Waals surface area contributed by atoms with Gasteiger partial charge in [-0.15, -0.1) is 0 Å². The number of hydrogen-bond donors (Lipinski definition) is 0. The molecule has 0 amide bonds. The molecule has 0 saturated carbocycles. The maximum Gasteiger partial charge on any atom is 0.538 e. The van der Waals surface area contributed by atoms with Crippen molar-refractivity contribution in [2.24, 2.45) is 0 Å². The van der Waals surface area contributed by atoms with Gasteiger partial charge in [0.05, 0.1) is 0 Å². The molecule has 0 radical (unpaired) electrons. The van der Waals surface area contributed by atoms with E-state index in [1.165, 1.54) is 0 Å². The fourth-order valence-corrected chi connectivity index (χ4v) is 7.37. The molecule has 1 aliphatic heterocycles. The highest BCUT2D eigenvalue weighted by atomic mass is 27.2. The highest BCUT2D eigenvalue weighted by Crippen LogP contribution is 2.52. The second-order valence-electron chi connectivity index (χ2n) is 7.79. The number of rotatable bonds is 0. The van der Waals surface area contributed by atoms with Crippen molar-refractivity contribution >= 4 is 14.4 Å². The third-order valence-corrected chi connectivity index (χ3v) is 8.44. The van der Waals surface area contributed by atoms with Crippen molar-refractivity contribution in [3.05, 3.63) is 0 Å². The minimum absolute atomic E-state index is 0.361. The van der Waals surface area contributed by atoms with Crippen LogP contribution in [0.2, 0.25) is 4.28 Å². The minimum Gasteiger partial charge on any atom is -0.368 e. The standard InChI is InChI=1S/C12H25N.CF3.Al/c1-10(2)8-9-12(6,7)13-11(3,4)5;2-1(3)4;/h8-9H2,1-7H3;;/q-1;;+1. The van der Waals surface area contributed by atoms with Crippen molar-refractivity contribution in [2.45, 2.75) is 81.7 Å². The van der Waals surface area contributed by atoms with Crippen LogP contribution < -0.4 is 0 Å². The minimum atomic E-state index is -4.05. The Morgan fingerprint density at radius 2 is 1.39 bits per heavy atom. The van der Waals surface area contributed by atoms with Gasteiger partial charge in [-0.05, 0) is 52.1 Å². The first-order valence-electron chi connectivity index (χ1n) is 6.56. The second-order valence-corrected chi connectivity index (χ2v) is 11.3. The Labute approximate surface area is 113 Å². The Morgan fingerprint density at radius 1 is 0.944 bits per heavy atom. The van der Waals surface area contributed by atoms with Crippen LogP contribution >= 0.6 is 0 Å². The molecule has 1 heterocycles. The zero-order valence-corrected chi connectivity index (χ0v) is 13.7. The molecule has 0 aliphatic carbocycles. The molecule has 1 rings (SSSR count). The highest BCUT2D eigenvalue weighted by Gasteiger charge is 2.66. The number of hydrogen-bond acceptors (Lipinski definition) is 1. The topological polar surface area (TPSA) is 3.24 Å². The molecule has 18 heavy (non-hydrogen) atoms. The molecule has 0 aromatic rings. The van der Waals surface area contributed by atoms with Crippen molar-refractivity contribution in [1.82, 2.24) is 3.88 Å². The molecule has 1 aliphatic rings. The molecule has 0 aromatic carbocycles. The molecule has 0 bridgehead atoms. The smallest absolute Gasteiger partial charge is 0.368 e. The van der Waals surface area contributed by atoms with Crippen LogP contribution in [-0.2, 0) is 0 Å². The van der Waals surface area contributed by atoms with Crippen molar-refractivity contribution in [3.63, 3.8) is 0 Å². The Hall–Kier alpha value is 0.282. The van der Waals surface area contributed by atoms with Gasteiger partial charge >= 0.3 is 19.4 Å². The lowest BCUT2D eigenvalue weighted by Crippen LogP contribution is -2.71. The van der Waals surface area contributed by atoms with E-state index in [-0.39, 0.29) is 5.54 Å². The monoisotopic (exact) mass is 279 g/mol. The molecule has 0 unspecified atom stereocenters. The van der Waals surface area contributed by atoms with E-state index in [1.54, 1.807) is 13.8 Å².